The highest BCUT2D eigenvalue weighted by Crippen LogP contribution is 2.37. The lowest BCUT2D eigenvalue weighted by Gasteiger charge is -2.38. The summed E-state index contributed by atoms with van der Waals surface area (Å²) in [4.78, 5) is 16.8. The summed E-state index contributed by atoms with van der Waals surface area (Å²) in [6.45, 7) is 7.06. The van der Waals surface area contributed by atoms with E-state index in [1.54, 1.807) is 0 Å². The first-order chi connectivity index (χ1) is 9.59. The fourth-order valence-corrected chi connectivity index (χ4v) is 4.11. The van der Waals surface area contributed by atoms with Crippen molar-refractivity contribution in [2.75, 3.05) is 13.1 Å². The van der Waals surface area contributed by atoms with Crippen LogP contribution in [0.1, 0.15) is 49.3 Å². The number of carboxylic acid groups (broad SMARTS) is 1. The Balaban J connectivity index is 1.91. The Bertz CT molecular complexity index is 447. The zero-order chi connectivity index (χ0) is 14.6. The molecule has 20 heavy (non-hydrogen) atoms. The zero-order valence-electron chi connectivity index (χ0n) is 12.5. The average molecular weight is 295 g/mol. The van der Waals surface area contributed by atoms with E-state index in [1.807, 2.05) is 11.3 Å². The minimum Gasteiger partial charge on any atom is -0.481 e. The first-order valence-electron chi connectivity index (χ1n) is 7.63. The van der Waals surface area contributed by atoms with E-state index in [-0.39, 0.29) is 0 Å². The number of hydrogen-bond donors (Lipinski definition) is 1. The lowest BCUT2D eigenvalue weighted by molar-refractivity contribution is -0.152. The number of carboxylic acids is 1. The van der Waals surface area contributed by atoms with Gasteiger partial charge in [0.05, 0.1) is 5.41 Å². The molecule has 1 N–H and O–H groups in total. The predicted octanol–water partition coefficient (Wildman–Crippen LogP) is 3.78. The first kappa shape index (κ1) is 15.5. The SMILES string of the molecule is CCCC1(C(=O)O)CCN(Cc2ccc(CC)s2)CC1. The lowest BCUT2D eigenvalue weighted by Crippen LogP contribution is -2.43. The molecule has 3 nitrogen and oxygen atoms in total. The van der Waals surface area contributed by atoms with Crippen LogP contribution in [0.4, 0.5) is 0 Å². The van der Waals surface area contributed by atoms with Crippen molar-refractivity contribution in [3.8, 4) is 0 Å². The van der Waals surface area contributed by atoms with Gasteiger partial charge in [-0.15, -0.1) is 11.3 Å². The molecule has 1 fully saturated rings. The molecule has 112 valence electrons. The number of aryl methyl sites for hydroxylation is 1. The van der Waals surface area contributed by atoms with E-state index in [0.29, 0.717) is 0 Å². The Kier molecular flexibility index (Phi) is 5.22. The Morgan fingerprint density at radius 2 is 1.95 bits per heavy atom. The monoisotopic (exact) mass is 295 g/mol. The molecule has 0 aromatic carbocycles. The average Bonchev–Trinajstić information content (AvgIpc) is 2.89. The largest absolute Gasteiger partial charge is 0.481 e. The summed E-state index contributed by atoms with van der Waals surface area (Å²) in [5, 5.41) is 9.51. The second kappa shape index (κ2) is 6.72. The van der Waals surface area contributed by atoms with Gasteiger partial charge < -0.3 is 5.11 Å². The quantitative estimate of drug-likeness (QED) is 0.868. The summed E-state index contributed by atoms with van der Waals surface area (Å²) in [5.41, 5.74) is -0.463. The molecule has 1 aromatic heterocycles. The molecule has 0 atom stereocenters. The van der Waals surface area contributed by atoms with E-state index < -0.39 is 11.4 Å². The maximum Gasteiger partial charge on any atom is 0.309 e. The van der Waals surface area contributed by atoms with Gasteiger partial charge in [0.15, 0.2) is 0 Å². The van der Waals surface area contributed by atoms with Crippen LogP contribution < -0.4 is 0 Å². The van der Waals surface area contributed by atoms with Gasteiger partial charge in [-0.3, -0.25) is 9.69 Å². The third-order valence-corrected chi connectivity index (χ3v) is 5.65. The van der Waals surface area contributed by atoms with Crippen LogP contribution in [0, 0.1) is 5.41 Å². The van der Waals surface area contributed by atoms with Gasteiger partial charge in [0, 0.05) is 16.3 Å². The van der Waals surface area contributed by atoms with Crippen molar-refractivity contribution >= 4 is 17.3 Å². The molecule has 0 radical (unpaired) electrons. The summed E-state index contributed by atoms with van der Waals surface area (Å²) >= 11 is 1.88. The lowest BCUT2D eigenvalue weighted by atomic mass is 9.75. The maximum atomic E-state index is 11.6. The molecular weight excluding hydrogens is 270 g/mol. The molecule has 1 aliphatic heterocycles. The van der Waals surface area contributed by atoms with Crippen LogP contribution in [0.2, 0.25) is 0 Å². The van der Waals surface area contributed by atoms with Crippen molar-refractivity contribution in [1.29, 1.82) is 0 Å². The van der Waals surface area contributed by atoms with Gasteiger partial charge in [0.1, 0.15) is 0 Å². The number of rotatable bonds is 6. The van der Waals surface area contributed by atoms with Crippen molar-refractivity contribution in [3.63, 3.8) is 0 Å². The molecule has 1 aromatic rings. The second-order valence-electron chi connectivity index (χ2n) is 5.83. The van der Waals surface area contributed by atoms with E-state index in [0.717, 1.165) is 51.7 Å². The number of carbonyl (C=O) groups is 1. The molecule has 2 heterocycles. The molecular formula is C16H25NO2S. The predicted molar refractivity (Wildman–Crippen MR) is 83.2 cm³/mol. The van der Waals surface area contributed by atoms with Crippen LogP contribution in [-0.2, 0) is 17.8 Å². The number of likely N-dealkylation sites (tertiary alicyclic amines) is 1. The van der Waals surface area contributed by atoms with Gasteiger partial charge in [0.25, 0.3) is 0 Å². The number of thiophene rings is 1. The second-order valence-corrected chi connectivity index (χ2v) is 7.09. The minimum absolute atomic E-state index is 0.463. The smallest absolute Gasteiger partial charge is 0.309 e. The highest BCUT2D eigenvalue weighted by Gasteiger charge is 2.40. The molecule has 1 aliphatic rings. The third kappa shape index (κ3) is 3.41. The molecule has 0 saturated carbocycles. The summed E-state index contributed by atoms with van der Waals surface area (Å²) < 4.78 is 0. The van der Waals surface area contributed by atoms with Crippen LogP contribution in [0.3, 0.4) is 0 Å². The minimum atomic E-state index is -0.594. The van der Waals surface area contributed by atoms with Gasteiger partial charge >= 0.3 is 5.97 Å². The number of piperidine rings is 1. The van der Waals surface area contributed by atoms with Crippen molar-refractivity contribution in [1.82, 2.24) is 4.90 Å². The van der Waals surface area contributed by atoms with Crippen LogP contribution in [0.5, 0.6) is 0 Å². The van der Waals surface area contributed by atoms with Gasteiger partial charge in [-0.1, -0.05) is 20.3 Å². The standard InChI is InChI=1S/C16H25NO2S/c1-3-7-16(15(18)19)8-10-17(11-9-16)12-14-6-5-13(4-2)20-14/h5-6H,3-4,7-12H2,1-2H3,(H,18,19). The van der Waals surface area contributed by atoms with E-state index in [4.69, 9.17) is 0 Å². The van der Waals surface area contributed by atoms with Crippen LogP contribution in [0.15, 0.2) is 12.1 Å². The van der Waals surface area contributed by atoms with Crippen LogP contribution >= 0.6 is 11.3 Å². The van der Waals surface area contributed by atoms with Crippen molar-refractivity contribution in [2.45, 2.75) is 52.5 Å². The zero-order valence-corrected chi connectivity index (χ0v) is 13.3. The highest BCUT2D eigenvalue weighted by molar-refractivity contribution is 7.11. The summed E-state index contributed by atoms with van der Waals surface area (Å²) in [5.74, 6) is -0.594. The normalized spacial score (nSPS) is 19.1. The van der Waals surface area contributed by atoms with E-state index in [1.165, 1.54) is 9.75 Å². The van der Waals surface area contributed by atoms with Gasteiger partial charge in [-0.25, -0.2) is 0 Å². The summed E-state index contributed by atoms with van der Waals surface area (Å²) in [6, 6.07) is 4.43. The molecule has 1 saturated heterocycles. The molecule has 0 spiro atoms. The number of nitrogens with zero attached hydrogens (tertiary/aromatic N) is 1. The fourth-order valence-electron chi connectivity index (χ4n) is 3.11. The first-order valence-corrected chi connectivity index (χ1v) is 8.44. The molecule has 2 rings (SSSR count). The fraction of sp³-hybridized carbons (Fsp3) is 0.688. The van der Waals surface area contributed by atoms with Crippen molar-refractivity contribution in [2.24, 2.45) is 5.41 Å². The summed E-state index contributed by atoms with van der Waals surface area (Å²) in [7, 11) is 0. The Morgan fingerprint density at radius 3 is 2.45 bits per heavy atom. The molecule has 0 amide bonds. The topological polar surface area (TPSA) is 40.5 Å². The van der Waals surface area contributed by atoms with Crippen LogP contribution in [-0.4, -0.2) is 29.1 Å². The molecule has 4 heteroatoms. The molecule has 0 unspecified atom stereocenters. The number of aliphatic carboxylic acids is 1. The number of hydrogen-bond acceptors (Lipinski definition) is 3. The van der Waals surface area contributed by atoms with Crippen LogP contribution in [0.25, 0.3) is 0 Å². The molecule has 0 aliphatic carbocycles. The van der Waals surface area contributed by atoms with Gasteiger partial charge in [-0.2, -0.15) is 0 Å². The summed E-state index contributed by atoms with van der Waals surface area (Å²) in [6.07, 6.45) is 4.46. The Labute approximate surface area is 125 Å². The van der Waals surface area contributed by atoms with Crippen molar-refractivity contribution < 1.29 is 9.90 Å². The van der Waals surface area contributed by atoms with E-state index in [9.17, 15) is 9.90 Å². The third-order valence-electron chi connectivity index (χ3n) is 4.44. The van der Waals surface area contributed by atoms with Crippen molar-refractivity contribution in [3.05, 3.63) is 21.9 Å². The van der Waals surface area contributed by atoms with Gasteiger partial charge in [-0.05, 0) is 50.9 Å². The maximum absolute atomic E-state index is 11.6. The Morgan fingerprint density at radius 1 is 1.30 bits per heavy atom. The molecule has 0 bridgehead atoms. The van der Waals surface area contributed by atoms with E-state index >= 15 is 0 Å². The highest BCUT2D eigenvalue weighted by atomic mass is 32.1. The van der Waals surface area contributed by atoms with Gasteiger partial charge in [0.2, 0.25) is 0 Å². The van der Waals surface area contributed by atoms with E-state index in [2.05, 4.69) is 30.9 Å². The Hall–Kier alpha value is -0.870.